The van der Waals surface area contributed by atoms with Gasteiger partial charge in [0.05, 0.1) is 17.0 Å². The van der Waals surface area contributed by atoms with Gasteiger partial charge in [-0.05, 0) is 30.7 Å². The Hall–Kier alpha value is -2.51. The number of nitrogens with zero attached hydrogens (tertiary/aromatic N) is 1. The molecule has 0 radical (unpaired) electrons. The molecule has 0 saturated carbocycles. The predicted octanol–water partition coefficient (Wildman–Crippen LogP) is 3.70. The van der Waals surface area contributed by atoms with Gasteiger partial charge in [0, 0.05) is 22.9 Å². The minimum absolute atomic E-state index is 0.118. The maximum Gasteiger partial charge on any atom is 0.231 e. The fourth-order valence-corrected chi connectivity index (χ4v) is 3.87. The van der Waals surface area contributed by atoms with Crippen molar-refractivity contribution in [1.82, 2.24) is 4.98 Å². The molecular weight excluding hydrogens is 368 g/mol. The van der Waals surface area contributed by atoms with E-state index in [-0.39, 0.29) is 17.2 Å². The Labute approximate surface area is 156 Å². The molecular formula is C19H18N2O3S2. The number of carbonyl (C=O) groups is 1. The number of rotatable bonds is 5. The zero-order valence-electron chi connectivity index (χ0n) is 14.4. The quantitative estimate of drug-likeness (QED) is 0.725. The van der Waals surface area contributed by atoms with Gasteiger partial charge in [-0.2, -0.15) is 0 Å². The van der Waals surface area contributed by atoms with E-state index in [9.17, 15) is 13.2 Å². The third kappa shape index (κ3) is 4.36. The van der Waals surface area contributed by atoms with Crippen LogP contribution in [0.5, 0.6) is 0 Å². The molecule has 0 bridgehead atoms. The molecule has 0 aliphatic rings. The third-order valence-electron chi connectivity index (χ3n) is 3.86. The third-order valence-corrected chi connectivity index (χ3v) is 5.84. The van der Waals surface area contributed by atoms with E-state index in [4.69, 9.17) is 0 Å². The summed E-state index contributed by atoms with van der Waals surface area (Å²) >= 11 is 1.41. The first-order valence-corrected chi connectivity index (χ1v) is 10.7. The topological polar surface area (TPSA) is 76.1 Å². The van der Waals surface area contributed by atoms with E-state index in [1.165, 1.54) is 17.6 Å². The Bertz CT molecular complexity index is 1040. The summed E-state index contributed by atoms with van der Waals surface area (Å²) in [6, 6.07) is 14.2. The molecule has 3 aromatic rings. The molecule has 134 valence electrons. The van der Waals surface area contributed by atoms with Crippen molar-refractivity contribution < 1.29 is 13.2 Å². The number of anilines is 1. The SMILES string of the molecule is Cc1ccccc1NC(=O)Cc1nc(-c2ccc(S(C)(=O)=O)cc2)cs1. The van der Waals surface area contributed by atoms with Crippen molar-refractivity contribution in [2.75, 3.05) is 11.6 Å². The van der Waals surface area contributed by atoms with Crippen LogP contribution >= 0.6 is 11.3 Å². The molecule has 1 N–H and O–H groups in total. The number of hydrogen-bond acceptors (Lipinski definition) is 5. The Morgan fingerprint density at radius 2 is 1.81 bits per heavy atom. The average Bonchev–Trinajstić information content (AvgIpc) is 3.05. The largest absolute Gasteiger partial charge is 0.325 e. The van der Waals surface area contributed by atoms with Gasteiger partial charge >= 0.3 is 0 Å². The maximum atomic E-state index is 12.2. The van der Waals surface area contributed by atoms with Crippen LogP contribution in [0.1, 0.15) is 10.6 Å². The number of sulfone groups is 1. The molecule has 0 spiro atoms. The van der Waals surface area contributed by atoms with Gasteiger partial charge in [-0.1, -0.05) is 30.3 Å². The standard InChI is InChI=1S/C19H18N2O3S2/c1-13-5-3-4-6-16(13)20-18(22)11-19-21-17(12-25-19)14-7-9-15(10-8-14)26(2,23)24/h3-10,12H,11H2,1-2H3,(H,20,22). The first-order valence-electron chi connectivity index (χ1n) is 7.93. The highest BCUT2D eigenvalue weighted by Gasteiger charge is 2.12. The fourth-order valence-electron chi connectivity index (χ4n) is 2.44. The molecule has 0 saturated heterocycles. The van der Waals surface area contributed by atoms with Gasteiger partial charge in [0.25, 0.3) is 0 Å². The maximum absolute atomic E-state index is 12.2. The number of carbonyl (C=O) groups excluding carboxylic acids is 1. The molecule has 0 fully saturated rings. The first kappa shape index (κ1) is 18.3. The molecule has 2 aromatic carbocycles. The molecule has 1 aromatic heterocycles. The second kappa shape index (κ2) is 7.39. The van der Waals surface area contributed by atoms with Crippen molar-refractivity contribution >= 4 is 32.8 Å². The summed E-state index contributed by atoms with van der Waals surface area (Å²) in [6.45, 7) is 1.94. The van der Waals surface area contributed by atoms with Crippen LogP contribution < -0.4 is 5.32 Å². The van der Waals surface area contributed by atoms with Gasteiger partial charge in [-0.3, -0.25) is 4.79 Å². The van der Waals surface area contributed by atoms with Crippen LogP contribution in [-0.4, -0.2) is 25.6 Å². The molecule has 26 heavy (non-hydrogen) atoms. The van der Waals surface area contributed by atoms with Crippen LogP contribution in [0.4, 0.5) is 5.69 Å². The smallest absolute Gasteiger partial charge is 0.231 e. The fraction of sp³-hybridized carbons (Fsp3) is 0.158. The molecule has 3 rings (SSSR count). The van der Waals surface area contributed by atoms with Gasteiger partial charge in [0.2, 0.25) is 5.91 Å². The molecule has 0 unspecified atom stereocenters. The van der Waals surface area contributed by atoms with Crippen LogP contribution in [0, 0.1) is 6.92 Å². The van der Waals surface area contributed by atoms with E-state index in [2.05, 4.69) is 10.3 Å². The summed E-state index contributed by atoms with van der Waals surface area (Å²) < 4.78 is 23.0. The predicted molar refractivity (Wildman–Crippen MR) is 104 cm³/mol. The number of nitrogens with one attached hydrogen (secondary N) is 1. The van der Waals surface area contributed by atoms with Crippen molar-refractivity contribution in [1.29, 1.82) is 0 Å². The van der Waals surface area contributed by atoms with E-state index in [1.807, 2.05) is 36.6 Å². The Morgan fingerprint density at radius 3 is 2.46 bits per heavy atom. The number of hydrogen-bond donors (Lipinski definition) is 1. The highest BCUT2D eigenvalue weighted by molar-refractivity contribution is 7.90. The van der Waals surface area contributed by atoms with E-state index in [0.717, 1.165) is 22.5 Å². The molecule has 5 nitrogen and oxygen atoms in total. The lowest BCUT2D eigenvalue weighted by atomic mass is 10.2. The molecule has 1 heterocycles. The number of para-hydroxylation sites is 1. The molecule has 0 aliphatic carbocycles. The minimum atomic E-state index is -3.22. The van der Waals surface area contributed by atoms with Gasteiger partial charge in [0.1, 0.15) is 5.01 Å². The highest BCUT2D eigenvalue weighted by atomic mass is 32.2. The van der Waals surface area contributed by atoms with Crippen LogP contribution in [0.25, 0.3) is 11.3 Å². The number of benzene rings is 2. The highest BCUT2D eigenvalue weighted by Crippen LogP contribution is 2.24. The zero-order valence-corrected chi connectivity index (χ0v) is 16.0. The zero-order chi connectivity index (χ0) is 18.7. The molecule has 7 heteroatoms. The lowest BCUT2D eigenvalue weighted by Crippen LogP contribution is -2.14. The van der Waals surface area contributed by atoms with Gasteiger partial charge in [-0.15, -0.1) is 11.3 Å². The van der Waals surface area contributed by atoms with Crippen LogP contribution in [0.15, 0.2) is 58.8 Å². The summed E-state index contributed by atoms with van der Waals surface area (Å²) in [6.07, 6.45) is 1.37. The molecule has 0 atom stereocenters. The first-order chi connectivity index (χ1) is 12.3. The van der Waals surface area contributed by atoms with E-state index in [0.29, 0.717) is 5.01 Å². The summed E-state index contributed by atoms with van der Waals surface area (Å²) in [5.41, 5.74) is 3.35. The molecule has 0 aliphatic heterocycles. The molecule has 1 amide bonds. The monoisotopic (exact) mass is 386 g/mol. The number of aryl methyl sites for hydroxylation is 1. The van der Waals surface area contributed by atoms with E-state index in [1.54, 1.807) is 24.3 Å². The number of thiazole rings is 1. The lowest BCUT2D eigenvalue weighted by Gasteiger charge is -2.06. The van der Waals surface area contributed by atoms with Crippen LogP contribution in [0.3, 0.4) is 0 Å². The van der Waals surface area contributed by atoms with Crippen molar-refractivity contribution in [2.45, 2.75) is 18.2 Å². The number of aromatic nitrogens is 1. The summed E-state index contributed by atoms with van der Waals surface area (Å²) in [7, 11) is -3.22. The Morgan fingerprint density at radius 1 is 1.12 bits per heavy atom. The van der Waals surface area contributed by atoms with E-state index >= 15 is 0 Å². The normalized spacial score (nSPS) is 11.3. The van der Waals surface area contributed by atoms with Crippen molar-refractivity contribution in [3.8, 4) is 11.3 Å². The van der Waals surface area contributed by atoms with E-state index < -0.39 is 9.84 Å². The van der Waals surface area contributed by atoms with Gasteiger partial charge < -0.3 is 5.32 Å². The average molecular weight is 386 g/mol. The second-order valence-electron chi connectivity index (χ2n) is 5.96. The van der Waals surface area contributed by atoms with Crippen molar-refractivity contribution in [2.24, 2.45) is 0 Å². The van der Waals surface area contributed by atoms with Crippen molar-refractivity contribution in [3.05, 3.63) is 64.5 Å². The number of amides is 1. The van der Waals surface area contributed by atoms with Crippen molar-refractivity contribution in [3.63, 3.8) is 0 Å². The van der Waals surface area contributed by atoms with Crippen LogP contribution in [0.2, 0.25) is 0 Å². The minimum Gasteiger partial charge on any atom is -0.325 e. The lowest BCUT2D eigenvalue weighted by molar-refractivity contribution is -0.115. The summed E-state index contributed by atoms with van der Waals surface area (Å²) in [5, 5.41) is 5.47. The Balaban J connectivity index is 1.70. The summed E-state index contributed by atoms with van der Waals surface area (Å²) in [4.78, 5) is 17.0. The Kier molecular flexibility index (Phi) is 5.20. The van der Waals surface area contributed by atoms with Gasteiger partial charge in [-0.25, -0.2) is 13.4 Å². The van der Waals surface area contributed by atoms with Gasteiger partial charge in [0.15, 0.2) is 9.84 Å². The summed E-state index contributed by atoms with van der Waals surface area (Å²) in [5.74, 6) is -0.118. The second-order valence-corrected chi connectivity index (χ2v) is 8.92. The van der Waals surface area contributed by atoms with Crippen LogP contribution in [-0.2, 0) is 21.1 Å².